The monoisotopic (exact) mass is 557 g/mol. The summed E-state index contributed by atoms with van der Waals surface area (Å²) in [5.41, 5.74) is 0.607. The first-order valence-corrected chi connectivity index (χ1v) is 11.6. The van der Waals surface area contributed by atoms with Gasteiger partial charge in [0.05, 0.1) is 11.1 Å². The van der Waals surface area contributed by atoms with Crippen molar-refractivity contribution in [1.82, 2.24) is 0 Å². The predicted octanol–water partition coefficient (Wildman–Crippen LogP) is 5.97. The smallest absolute Gasteiger partial charge is 0.416 e. The molecular formula is C29H20BF6O4. The Morgan fingerprint density at radius 3 is 1.15 bits per heavy atom. The Labute approximate surface area is 226 Å². The van der Waals surface area contributed by atoms with Gasteiger partial charge in [-0.3, -0.25) is 9.59 Å². The molecule has 0 saturated carbocycles. The minimum Gasteiger partial charge on any atom is -0.426 e. The summed E-state index contributed by atoms with van der Waals surface area (Å²) in [6.07, 6.45) is -9.98. The summed E-state index contributed by atoms with van der Waals surface area (Å²) >= 11 is 0. The largest absolute Gasteiger partial charge is 0.426 e. The molecule has 0 aliphatic heterocycles. The number of hydrogen-bond acceptors (Lipinski definition) is 4. The van der Waals surface area contributed by atoms with E-state index in [1.54, 1.807) is 0 Å². The Hall–Kier alpha value is -4.54. The fourth-order valence-electron chi connectivity index (χ4n) is 3.17. The maximum atomic E-state index is 12.4. The zero-order valence-corrected chi connectivity index (χ0v) is 20.6. The number of hydrogen-bond donors (Lipinski definition) is 0. The zero-order chi connectivity index (χ0) is 29.2. The van der Waals surface area contributed by atoms with E-state index in [1.165, 1.54) is 10.9 Å². The molecule has 4 aromatic carbocycles. The van der Waals surface area contributed by atoms with Gasteiger partial charge in [0.1, 0.15) is 17.9 Å². The first-order valence-electron chi connectivity index (χ1n) is 11.6. The van der Waals surface area contributed by atoms with E-state index in [9.17, 15) is 35.9 Å². The number of carbonyl (C=O) groups is 2. The van der Waals surface area contributed by atoms with Crippen molar-refractivity contribution < 1.29 is 45.4 Å². The van der Waals surface area contributed by atoms with Crippen LogP contribution < -0.4 is 20.4 Å². The Morgan fingerprint density at radius 2 is 0.850 bits per heavy atom. The highest BCUT2D eigenvalue weighted by atomic mass is 19.4. The van der Waals surface area contributed by atoms with Gasteiger partial charge in [0.25, 0.3) is 0 Å². The maximum Gasteiger partial charge on any atom is 0.416 e. The second-order valence-electron chi connectivity index (χ2n) is 8.13. The van der Waals surface area contributed by atoms with Crippen molar-refractivity contribution in [2.75, 3.05) is 0 Å². The van der Waals surface area contributed by atoms with E-state index in [1.807, 2.05) is 12.1 Å². The molecular weight excluding hydrogens is 537 g/mol. The van der Waals surface area contributed by atoms with Gasteiger partial charge in [-0.1, -0.05) is 71.6 Å². The first kappa shape index (κ1) is 30.0. The van der Waals surface area contributed by atoms with Gasteiger partial charge >= 0.3 is 24.3 Å². The summed E-state index contributed by atoms with van der Waals surface area (Å²) in [7, 11) is 2.17. The second-order valence-corrected chi connectivity index (χ2v) is 8.13. The van der Waals surface area contributed by atoms with Crippen molar-refractivity contribution in [3.8, 4) is 11.5 Å². The SMILES string of the molecule is O=C(CC(=O)Oc1ccc(C(F)(F)F)cc1)Oc1ccc(C(F)(F)F)cc1.[B](c1ccccc1)c1ccccc1. The van der Waals surface area contributed by atoms with Crippen LogP contribution in [0.3, 0.4) is 0 Å². The van der Waals surface area contributed by atoms with E-state index in [-0.39, 0.29) is 11.5 Å². The maximum absolute atomic E-state index is 12.4. The van der Waals surface area contributed by atoms with Crippen LogP contribution in [-0.2, 0) is 21.9 Å². The van der Waals surface area contributed by atoms with Crippen LogP contribution in [0.5, 0.6) is 11.5 Å². The minimum absolute atomic E-state index is 0.213. The Bertz CT molecular complexity index is 1270. The Morgan fingerprint density at radius 1 is 0.525 bits per heavy atom. The van der Waals surface area contributed by atoms with Crippen LogP contribution in [0.2, 0.25) is 0 Å². The number of benzene rings is 4. The molecule has 0 unspecified atom stereocenters. The van der Waals surface area contributed by atoms with Gasteiger partial charge in [-0.05, 0) is 48.5 Å². The molecule has 0 amide bonds. The molecule has 11 heteroatoms. The van der Waals surface area contributed by atoms with Gasteiger partial charge in [0.15, 0.2) is 7.28 Å². The average molecular weight is 557 g/mol. The van der Waals surface area contributed by atoms with Crippen LogP contribution in [0, 0.1) is 0 Å². The number of ether oxygens (including phenoxy) is 2. The van der Waals surface area contributed by atoms with Crippen LogP contribution in [0.4, 0.5) is 26.3 Å². The number of alkyl halides is 6. The van der Waals surface area contributed by atoms with Gasteiger partial charge in [-0.15, -0.1) is 0 Å². The number of esters is 2. The fourth-order valence-corrected chi connectivity index (χ4v) is 3.17. The van der Waals surface area contributed by atoms with Gasteiger partial charge in [-0.25, -0.2) is 0 Å². The summed E-state index contributed by atoms with van der Waals surface area (Å²) in [5.74, 6) is -2.64. The lowest BCUT2D eigenvalue weighted by molar-refractivity contribution is -0.144. The molecule has 0 aliphatic rings. The van der Waals surface area contributed by atoms with Crippen LogP contribution in [-0.4, -0.2) is 19.2 Å². The molecule has 0 N–H and O–H groups in total. The number of carbonyl (C=O) groups excluding carboxylic acids is 2. The molecule has 0 atom stereocenters. The van der Waals surface area contributed by atoms with Gasteiger partial charge < -0.3 is 9.47 Å². The third-order valence-corrected chi connectivity index (χ3v) is 5.05. The first-order chi connectivity index (χ1) is 18.9. The fraction of sp³-hybridized carbons (Fsp3) is 0.103. The highest BCUT2D eigenvalue weighted by Crippen LogP contribution is 2.31. The lowest BCUT2D eigenvalue weighted by atomic mass is 9.64. The third kappa shape index (κ3) is 9.97. The molecule has 1 radical (unpaired) electrons. The van der Waals surface area contributed by atoms with E-state index in [4.69, 9.17) is 9.47 Å². The third-order valence-electron chi connectivity index (χ3n) is 5.05. The quantitative estimate of drug-likeness (QED) is 0.0965. The van der Waals surface area contributed by atoms with Crippen LogP contribution in [0.1, 0.15) is 17.5 Å². The molecule has 0 spiro atoms. The average Bonchev–Trinajstić information content (AvgIpc) is 2.90. The van der Waals surface area contributed by atoms with Crippen molar-refractivity contribution >= 4 is 30.1 Å². The number of rotatable bonds is 6. The molecule has 0 saturated heterocycles. The van der Waals surface area contributed by atoms with Gasteiger partial charge in [0.2, 0.25) is 0 Å². The van der Waals surface area contributed by atoms with Crippen molar-refractivity contribution in [3.05, 3.63) is 120 Å². The summed E-state index contributed by atoms with van der Waals surface area (Å²) in [6.45, 7) is 0. The predicted molar refractivity (Wildman–Crippen MR) is 137 cm³/mol. The van der Waals surface area contributed by atoms with E-state index in [0.717, 1.165) is 24.3 Å². The Balaban J connectivity index is 0.000000281. The van der Waals surface area contributed by atoms with E-state index in [2.05, 4.69) is 55.8 Å². The molecule has 0 fully saturated rings. The summed E-state index contributed by atoms with van der Waals surface area (Å²) in [4.78, 5) is 23.2. The molecule has 0 aliphatic carbocycles. The molecule has 40 heavy (non-hydrogen) atoms. The highest BCUT2D eigenvalue weighted by Gasteiger charge is 2.31. The van der Waals surface area contributed by atoms with Crippen molar-refractivity contribution in [2.45, 2.75) is 18.8 Å². The molecule has 0 heterocycles. The molecule has 0 aromatic heterocycles. The van der Waals surface area contributed by atoms with Crippen molar-refractivity contribution in [3.63, 3.8) is 0 Å². The summed E-state index contributed by atoms with van der Waals surface area (Å²) in [5, 5.41) is 0. The topological polar surface area (TPSA) is 52.6 Å². The van der Waals surface area contributed by atoms with Crippen LogP contribution in [0.25, 0.3) is 0 Å². The van der Waals surface area contributed by atoms with Crippen LogP contribution >= 0.6 is 0 Å². The van der Waals surface area contributed by atoms with E-state index >= 15 is 0 Å². The van der Waals surface area contributed by atoms with E-state index < -0.39 is 41.8 Å². The molecule has 4 rings (SSSR count). The molecule has 205 valence electrons. The van der Waals surface area contributed by atoms with Crippen molar-refractivity contribution in [2.24, 2.45) is 0 Å². The van der Waals surface area contributed by atoms with Gasteiger partial charge in [0, 0.05) is 0 Å². The summed E-state index contributed by atoms with van der Waals surface area (Å²) < 4.78 is 83.9. The Kier molecular flexibility index (Phi) is 10.1. The normalized spacial score (nSPS) is 11.1. The molecule has 0 bridgehead atoms. The van der Waals surface area contributed by atoms with Gasteiger partial charge in [-0.2, -0.15) is 26.3 Å². The molecule has 4 nitrogen and oxygen atoms in total. The highest BCUT2D eigenvalue weighted by molar-refractivity contribution is 6.67. The lowest BCUT2D eigenvalue weighted by Gasteiger charge is -2.09. The summed E-state index contributed by atoms with van der Waals surface area (Å²) in [6, 6.07) is 27.1. The number of halogens is 6. The minimum atomic E-state index is -4.55. The van der Waals surface area contributed by atoms with E-state index in [0.29, 0.717) is 24.3 Å². The van der Waals surface area contributed by atoms with Crippen molar-refractivity contribution in [1.29, 1.82) is 0 Å². The standard InChI is InChI=1S/C17H10F6O4.C12H10B/c18-16(19,20)10-1-5-12(6-2-10)26-14(24)9-15(25)27-13-7-3-11(4-8-13)17(21,22)23;1-3-7-11(8-4-1)13-12-9-5-2-6-10-12/h1-8H,9H2;1-10H. The second kappa shape index (κ2) is 13.5. The van der Waals surface area contributed by atoms with Crippen LogP contribution in [0.15, 0.2) is 109 Å². The zero-order valence-electron chi connectivity index (χ0n) is 20.6. The molecule has 4 aromatic rings. The lowest BCUT2D eigenvalue weighted by Crippen LogP contribution is -2.26.